The summed E-state index contributed by atoms with van der Waals surface area (Å²) in [4.78, 5) is 33.7. The van der Waals surface area contributed by atoms with Gasteiger partial charge in [0.2, 0.25) is 5.91 Å². The number of aliphatic carboxylic acids is 2. The molecular formula is C30H39NNa2O7S. The number of amides is 1. The van der Waals surface area contributed by atoms with Crippen molar-refractivity contribution in [1.29, 1.82) is 0 Å². The van der Waals surface area contributed by atoms with E-state index in [1.54, 1.807) is 12.1 Å². The molecule has 2 aromatic rings. The summed E-state index contributed by atoms with van der Waals surface area (Å²) in [5, 5.41) is 34.1. The van der Waals surface area contributed by atoms with Crippen molar-refractivity contribution in [2.24, 2.45) is 0 Å². The summed E-state index contributed by atoms with van der Waals surface area (Å²) in [6.07, 6.45) is 7.66. The van der Waals surface area contributed by atoms with Gasteiger partial charge in [0, 0.05) is 16.6 Å². The summed E-state index contributed by atoms with van der Waals surface area (Å²) in [5.74, 6) is -3.50. The minimum atomic E-state index is -1.76. The van der Waals surface area contributed by atoms with Crippen LogP contribution in [-0.2, 0) is 31.6 Å². The van der Waals surface area contributed by atoms with E-state index in [0.29, 0.717) is 10.5 Å². The largest absolute Gasteiger partial charge is 1.00 e. The van der Waals surface area contributed by atoms with Crippen LogP contribution in [0.1, 0.15) is 93.9 Å². The number of unbranched alkanes of at least 4 members (excludes halogenated alkanes) is 6. The molecule has 41 heavy (non-hydrogen) atoms. The molecule has 0 aliphatic heterocycles. The first-order valence-electron chi connectivity index (χ1n) is 13.7. The third-order valence-corrected chi connectivity index (χ3v) is 8.26. The quantitative estimate of drug-likeness (QED) is 0.100. The molecule has 0 aliphatic rings. The van der Waals surface area contributed by atoms with Crippen molar-refractivity contribution in [3.8, 4) is 0 Å². The van der Waals surface area contributed by atoms with Gasteiger partial charge < -0.3 is 30.2 Å². The zero-order chi connectivity index (χ0) is 28.6. The Hall–Kier alpha value is -1.04. The van der Waals surface area contributed by atoms with Gasteiger partial charge in [-0.3, -0.25) is 9.00 Å². The second-order valence-electron chi connectivity index (χ2n) is 9.79. The van der Waals surface area contributed by atoms with Crippen LogP contribution in [0.2, 0.25) is 0 Å². The Balaban J connectivity index is 0.00000800. The maximum atomic E-state index is 13.7. The fraction of sp³-hybridized carbons (Fsp3) is 0.500. The molecule has 214 valence electrons. The Bertz CT molecular complexity index is 1100. The SMILES string of the molecule is CCCCCCCCCc1ccc(C(C(O)CCCC(=O)[O-])S(=O)c2cccc(NC(=O)CC(=O)[O-])c2)cc1.[Na+].[Na+]. The number of carbonyl (C=O) groups is 3. The maximum absolute atomic E-state index is 13.7. The topological polar surface area (TPSA) is 147 Å². The molecule has 0 saturated carbocycles. The van der Waals surface area contributed by atoms with Crippen LogP contribution >= 0.6 is 0 Å². The Morgan fingerprint density at radius 2 is 1.51 bits per heavy atom. The van der Waals surface area contributed by atoms with E-state index in [0.717, 1.165) is 18.4 Å². The summed E-state index contributed by atoms with van der Waals surface area (Å²) in [6.45, 7) is 2.20. The molecule has 2 N–H and O–H groups in total. The van der Waals surface area contributed by atoms with E-state index in [1.807, 2.05) is 24.3 Å². The van der Waals surface area contributed by atoms with Gasteiger partial charge in [-0.25, -0.2) is 0 Å². The van der Waals surface area contributed by atoms with E-state index >= 15 is 0 Å². The molecule has 1 amide bonds. The molecule has 0 aromatic heterocycles. The monoisotopic (exact) mass is 603 g/mol. The molecule has 3 unspecified atom stereocenters. The predicted octanol–water partition coefficient (Wildman–Crippen LogP) is -2.80. The summed E-state index contributed by atoms with van der Waals surface area (Å²) in [6, 6.07) is 13.8. The average molecular weight is 604 g/mol. The third-order valence-electron chi connectivity index (χ3n) is 6.49. The van der Waals surface area contributed by atoms with Crippen molar-refractivity contribution >= 4 is 34.3 Å². The first-order valence-corrected chi connectivity index (χ1v) is 14.9. The van der Waals surface area contributed by atoms with Crippen LogP contribution < -0.4 is 74.6 Å². The molecule has 2 aromatic carbocycles. The van der Waals surface area contributed by atoms with Crippen molar-refractivity contribution in [3.05, 3.63) is 59.7 Å². The van der Waals surface area contributed by atoms with Crippen molar-refractivity contribution in [3.63, 3.8) is 0 Å². The van der Waals surface area contributed by atoms with Gasteiger partial charge in [-0.05, 0) is 61.4 Å². The standard InChI is InChI=1S/C30H41NO7S.2Na/c1-2-3-4-5-6-7-8-11-22-16-18-23(19-17-22)30(26(32)14-10-15-28(34)35)39(38)25-13-9-12-24(20-25)31-27(33)21-29(36)37;;/h9,12-13,16-20,26,30,32H,2-8,10-11,14-15,21H2,1H3,(H,31,33)(H,34,35)(H,36,37);;/q;2*+1/p-2. The molecule has 0 aliphatic carbocycles. The zero-order valence-corrected chi connectivity index (χ0v) is 29.4. The van der Waals surface area contributed by atoms with Crippen molar-refractivity contribution in [2.45, 2.75) is 100 Å². The van der Waals surface area contributed by atoms with E-state index in [9.17, 15) is 33.9 Å². The zero-order valence-electron chi connectivity index (χ0n) is 24.6. The number of hydrogen-bond acceptors (Lipinski definition) is 7. The molecule has 0 bridgehead atoms. The van der Waals surface area contributed by atoms with E-state index in [4.69, 9.17) is 0 Å². The Morgan fingerprint density at radius 1 is 0.878 bits per heavy atom. The van der Waals surface area contributed by atoms with Crippen molar-refractivity contribution < 1.29 is 93.0 Å². The molecule has 2 rings (SSSR count). The third kappa shape index (κ3) is 15.8. The minimum absolute atomic E-state index is 0. The van der Waals surface area contributed by atoms with Gasteiger partial charge in [-0.1, -0.05) is 75.8 Å². The molecule has 0 spiro atoms. The molecule has 3 atom stereocenters. The van der Waals surface area contributed by atoms with Crippen LogP contribution in [0.25, 0.3) is 0 Å². The number of hydrogen-bond donors (Lipinski definition) is 2. The molecule has 0 radical (unpaired) electrons. The Morgan fingerprint density at radius 3 is 2.12 bits per heavy atom. The number of rotatable bonds is 19. The van der Waals surface area contributed by atoms with Crippen molar-refractivity contribution in [2.75, 3.05) is 5.32 Å². The van der Waals surface area contributed by atoms with Crippen LogP contribution in [0.3, 0.4) is 0 Å². The molecular weight excluding hydrogens is 564 g/mol. The normalized spacial score (nSPS) is 12.7. The average Bonchev–Trinajstić information content (AvgIpc) is 2.88. The Kier molecular flexibility index (Phi) is 21.9. The van der Waals surface area contributed by atoms with Gasteiger partial charge in [0.1, 0.15) is 0 Å². The number of anilines is 1. The van der Waals surface area contributed by atoms with Crippen molar-refractivity contribution in [1.82, 2.24) is 0 Å². The number of carbonyl (C=O) groups excluding carboxylic acids is 3. The number of benzene rings is 2. The summed E-state index contributed by atoms with van der Waals surface area (Å²) in [7, 11) is -1.76. The van der Waals surface area contributed by atoms with Crippen LogP contribution in [0.4, 0.5) is 5.69 Å². The first-order chi connectivity index (χ1) is 18.7. The van der Waals surface area contributed by atoms with Gasteiger partial charge in [-0.2, -0.15) is 0 Å². The van der Waals surface area contributed by atoms with E-state index < -0.39 is 46.4 Å². The van der Waals surface area contributed by atoms with Gasteiger partial charge in [0.15, 0.2) is 0 Å². The number of nitrogens with one attached hydrogen (secondary N) is 1. The van der Waals surface area contributed by atoms with Crippen LogP contribution in [0.15, 0.2) is 53.4 Å². The number of aryl methyl sites for hydroxylation is 1. The maximum Gasteiger partial charge on any atom is 1.00 e. The summed E-state index contributed by atoms with van der Waals surface area (Å²) >= 11 is 0. The summed E-state index contributed by atoms with van der Waals surface area (Å²) < 4.78 is 13.7. The second-order valence-corrected chi connectivity index (χ2v) is 11.4. The molecule has 0 saturated heterocycles. The first kappa shape index (κ1) is 40.0. The van der Waals surface area contributed by atoms with Crippen LogP contribution in [-0.4, -0.2) is 33.3 Å². The fourth-order valence-corrected chi connectivity index (χ4v) is 6.01. The number of aliphatic hydroxyl groups excluding tert-OH is 1. The van der Waals surface area contributed by atoms with Crippen LogP contribution in [0, 0.1) is 0 Å². The van der Waals surface area contributed by atoms with Gasteiger partial charge in [0.05, 0.1) is 34.5 Å². The molecule has 11 heteroatoms. The van der Waals surface area contributed by atoms with E-state index in [2.05, 4.69) is 12.2 Å². The molecule has 0 heterocycles. The van der Waals surface area contributed by atoms with E-state index in [-0.39, 0.29) is 84.1 Å². The smallest absolute Gasteiger partial charge is 0.550 e. The minimum Gasteiger partial charge on any atom is -0.550 e. The number of aliphatic hydroxyl groups is 1. The predicted molar refractivity (Wildman–Crippen MR) is 147 cm³/mol. The fourth-order valence-electron chi connectivity index (χ4n) is 4.44. The number of carboxylic acids is 2. The van der Waals surface area contributed by atoms with Gasteiger partial charge >= 0.3 is 59.1 Å². The van der Waals surface area contributed by atoms with Gasteiger partial charge in [0.25, 0.3) is 0 Å². The summed E-state index contributed by atoms with van der Waals surface area (Å²) in [5.41, 5.74) is 2.08. The molecule has 8 nitrogen and oxygen atoms in total. The molecule has 0 fully saturated rings. The second kappa shape index (κ2) is 22.5. The van der Waals surface area contributed by atoms with Crippen LogP contribution in [0.5, 0.6) is 0 Å². The van der Waals surface area contributed by atoms with E-state index in [1.165, 1.54) is 50.7 Å². The number of carboxylic acid groups (broad SMARTS) is 2. The van der Waals surface area contributed by atoms with Gasteiger partial charge in [-0.15, -0.1) is 0 Å². The Labute approximate surface area is 290 Å².